The molecular formula is C18H28BrNS. The molecular weight excluding hydrogens is 342 g/mol. The lowest BCUT2D eigenvalue weighted by atomic mass is 10.1. The van der Waals surface area contributed by atoms with Crippen LogP contribution in [-0.2, 0) is 0 Å². The van der Waals surface area contributed by atoms with Crippen LogP contribution in [0.5, 0.6) is 0 Å². The molecule has 1 N–H and O–H groups in total. The molecule has 0 radical (unpaired) electrons. The zero-order chi connectivity index (χ0) is 15.3. The van der Waals surface area contributed by atoms with Gasteiger partial charge in [-0.25, -0.2) is 0 Å². The van der Waals surface area contributed by atoms with Crippen LogP contribution < -0.4 is 5.32 Å². The summed E-state index contributed by atoms with van der Waals surface area (Å²) < 4.78 is 1.16. The number of hydrogen-bond donors (Lipinski definition) is 1. The normalized spacial score (nSPS) is 12.3. The van der Waals surface area contributed by atoms with Gasteiger partial charge in [-0.05, 0) is 50.4 Å². The Hall–Kier alpha value is -0.250. The van der Waals surface area contributed by atoms with Crippen LogP contribution in [0.4, 0.5) is 0 Å². The van der Waals surface area contributed by atoms with Crippen molar-refractivity contribution in [2.45, 2.75) is 56.4 Å². The van der Waals surface area contributed by atoms with Gasteiger partial charge >= 0.3 is 0 Å². The number of thioether (sulfide) groups is 1. The average Bonchev–Trinajstić information content (AvgIpc) is 2.49. The van der Waals surface area contributed by atoms with E-state index in [1.54, 1.807) is 0 Å². The van der Waals surface area contributed by atoms with Crippen LogP contribution in [0.1, 0.15) is 45.4 Å². The Labute approximate surface area is 143 Å². The van der Waals surface area contributed by atoms with E-state index >= 15 is 0 Å². The highest BCUT2D eigenvalue weighted by molar-refractivity contribution is 9.10. The molecule has 1 rings (SSSR count). The van der Waals surface area contributed by atoms with Crippen LogP contribution in [0.3, 0.4) is 0 Å². The molecule has 0 aliphatic heterocycles. The summed E-state index contributed by atoms with van der Waals surface area (Å²) in [5, 5.41) is 3.69. The summed E-state index contributed by atoms with van der Waals surface area (Å²) in [6.07, 6.45) is 9.57. The van der Waals surface area contributed by atoms with Gasteiger partial charge in [0.25, 0.3) is 0 Å². The minimum Gasteiger partial charge on any atom is -0.313 e. The van der Waals surface area contributed by atoms with E-state index in [0.717, 1.165) is 23.2 Å². The maximum Gasteiger partial charge on any atom is 0.0186 e. The van der Waals surface area contributed by atoms with Gasteiger partial charge in [0.1, 0.15) is 0 Å². The molecule has 0 saturated heterocycles. The van der Waals surface area contributed by atoms with E-state index in [9.17, 15) is 0 Å². The Balaban J connectivity index is 2.32. The first-order chi connectivity index (χ1) is 10.3. The fourth-order valence-corrected chi connectivity index (χ4v) is 3.82. The number of allylic oxidation sites excluding steroid dienone is 1. The van der Waals surface area contributed by atoms with Crippen LogP contribution in [0.15, 0.2) is 46.3 Å². The fourth-order valence-electron chi connectivity index (χ4n) is 2.20. The highest BCUT2D eigenvalue weighted by Crippen LogP contribution is 2.23. The summed E-state index contributed by atoms with van der Waals surface area (Å²) in [7, 11) is 0. The molecule has 1 unspecified atom stereocenters. The Kier molecular flexibility index (Phi) is 11.0. The summed E-state index contributed by atoms with van der Waals surface area (Å²) in [6, 6.07) is 9.20. The zero-order valence-corrected chi connectivity index (χ0v) is 15.5. The second-order valence-corrected chi connectivity index (χ2v) is 7.36. The second-order valence-electron chi connectivity index (χ2n) is 5.35. The third kappa shape index (κ3) is 9.38. The Bertz CT molecular complexity index is 395. The van der Waals surface area contributed by atoms with Crippen molar-refractivity contribution < 1.29 is 0 Å². The molecule has 0 spiro atoms. The number of benzene rings is 1. The van der Waals surface area contributed by atoms with Crippen LogP contribution in [-0.4, -0.2) is 18.3 Å². The van der Waals surface area contributed by atoms with Gasteiger partial charge in [0.15, 0.2) is 0 Å². The second kappa shape index (κ2) is 12.3. The topological polar surface area (TPSA) is 12.0 Å². The van der Waals surface area contributed by atoms with Gasteiger partial charge in [-0.2, -0.15) is 0 Å². The Morgan fingerprint density at radius 2 is 2.19 bits per heavy atom. The SMILES string of the molecule is C=CCCCCCC(CSc1cccc(Br)c1)NCCC. The molecule has 0 aromatic heterocycles. The lowest BCUT2D eigenvalue weighted by Crippen LogP contribution is -2.31. The third-order valence-electron chi connectivity index (χ3n) is 3.39. The number of rotatable bonds is 12. The first kappa shape index (κ1) is 18.8. The average molecular weight is 370 g/mol. The van der Waals surface area contributed by atoms with Crippen LogP contribution >= 0.6 is 27.7 Å². The summed E-state index contributed by atoms with van der Waals surface area (Å²) in [4.78, 5) is 1.35. The van der Waals surface area contributed by atoms with E-state index in [1.807, 2.05) is 17.8 Å². The van der Waals surface area contributed by atoms with Crippen molar-refractivity contribution >= 4 is 27.7 Å². The van der Waals surface area contributed by atoms with E-state index in [-0.39, 0.29) is 0 Å². The zero-order valence-electron chi connectivity index (χ0n) is 13.1. The molecule has 0 fully saturated rings. The summed E-state index contributed by atoms with van der Waals surface area (Å²) in [5.74, 6) is 1.15. The first-order valence-corrected chi connectivity index (χ1v) is 9.76. The Morgan fingerprint density at radius 1 is 1.33 bits per heavy atom. The predicted molar refractivity (Wildman–Crippen MR) is 100 cm³/mol. The van der Waals surface area contributed by atoms with Crippen molar-refractivity contribution in [3.8, 4) is 0 Å². The van der Waals surface area contributed by atoms with Crippen molar-refractivity contribution in [2.24, 2.45) is 0 Å². The molecule has 1 aromatic carbocycles. The molecule has 0 bridgehead atoms. The Morgan fingerprint density at radius 3 is 2.90 bits per heavy atom. The number of unbranched alkanes of at least 4 members (excludes halogenated alkanes) is 3. The van der Waals surface area contributed by atoms with Gasteiger partial charge < -0.3 is 5.32 Å². The summed E-state index contributed by atoms with van der Waals surface area (Å²) in [6.45, 7) is 7.14. The predicted octanol–water partition coefficient (Wildman–Crippen LogP) is 6.05. The number of halogens is 1. The molecule has 1 nitrogen and oxygen atoms in total. The number of hydrogen-bond acceptors (Lipinski definition) is 2. The molecule has 1 atom stereocenters. The third-order valence-corrected chi connectivity index (χ3v) is 5.04. The van der Waals surface area contributed by atoms with Crippen molar-refractivity contribution in [3.63, 3.8) is 0 Å². The van der Waals surface area contributed by atoms with Gasteiger partial charge in [-0.3, -0.25) is 0 Å². The van der Waals surface area contributed by atoms with E-state index in [4.69, 9.17) is 0 Å². The monoisotopic (exact) mass is 369 g/mol. The van der Waals surface area contributed by atoms with Crippen LogP contribution in [0, 0.1) is 0 Å². The highest BCUT2D eigenvalue weighted by Gasteiger charge is 2.08. The van der Waals surface area contributed by atoms with Crippen molar-refractivity contribution in [2.75, 3.05) is 12.3 Å². The maximum absolute atomic E-state index is 3.78. The summed E-state index contributed by atoms with van der Waals surface area (Å²) >= 11 is 5.49. The van der Waals surface area contributed by atoms with Crippen molar-refractivity contribution in [1.29, 1.82) is 0 Å². The minimum absolute atomic E-state index is 0.623. The van der Waals surface area contributed by atoms with Crippen LogP contribution in [0.2, 0.25) is 0 Å². The molecule has 0 saturated carbocycles. The lowest BCUT2D eigenvalue weighted by molar-refractivity contribution is 0.490. The minimum atomic E-state index is 0.623. The smallest absolute Gasteiger partial charge is 0.0186 e. The van der Waals surface area contributed by atoms with Gasteiger partial charge in [-0.1, -0.05) is 47.8 Å². The van der Waals surface area contributed by atoms with Gasteiger partial charge in [0, 0.05) is 21.2 Å². The van der Waals surface area contributed by atoms with E-state index in [2.05, 4.69) is 59.0 Å². The first-order valence-electron chi connectivity index (χ1n) is 7.99. The van der Waals surface area contributed by atoms with Crippen molar-refractivity contribution in [3.05, 3.63) is 41.4 Å². The van der Waals surface area contributed by atoms with Gasteiger partial charge in [-0.15, -0.1) is 18.3 Å². The fraction of sp³-hybridized carbons (Fsp3) is 0.556. The lowest BCUT2D eigenvalue weighted by Gasteiger charge is -2.18. The molecule has 118 valence electrons. The standard InChI is InChI=1S/C18H28BrNS/c1-3-5-6-7-8-11-17(20-13-4-2)15-21-18-12-9-10-16(19)14-18/h3,9-10,12,14,17,20H,1,4-8,11,13,15H2,2H3. The molecule has 3 heteroatoms. The van der Waals surface area contributed by atoms with Crippen molar-refractivity contribution in [1.82, 2.24) is 5.32 Å². The van der Waals surface area contributed by atoms with E-state index < -0.39 is 0 Å². The molecule has 0 amide bonds. The molecule has 1 aromatic rings. The quantitative estimate of drug-likeness (QED) is 0.273. The summed E-state index contributed by atoms with van der Waals surface area (Å²) in [5.41, 5.74) is 0. The van der Waals surface area contributed by atoms with E-state index in [1.165, 1.54) is 37.0 Å². The largest absolute Gasteiger partial charge is 0.313 e. The molecule has 0 aliphatic rings. The van der Waals surface area contributed by atoms with E-state index in [0.29, 0.717) is 6.04 Å². The van der Waals surface area contributed by atoms with Gasteiger partial charge in [0.2, 0.25) is 0 Å². The maximum atomic E-state index is 3.78. The number of nitrogens with one attached hydrogen (secondary N) is 1. The highest BCUT2D eigenvalue weighted by atomic mass is 79.9. The molecule has 0 aliphatic carbocycles. The molecule has 21 heavy (non-hydrogen) atoms. The molecule has 0 heterocycles. The van der Waals surface area contributed by atoms with Crippen LogP contribution in [0.25, 0.3) is 0 Å². The van der Waals surface area contributed by atoms with Gasteiger partial charge in [0.05, 0.1) is 0 Å².